The second-order valence-corrected chi connectivity index (χ2v) is 6.56. The SMILES string of the molecule is O=C1CCC(N2Cc3ccc(C4CC4)c(Cl)c3C2=O)C(=O)N1. The molecule has 1 saturated heterocycles. The Morgan fingerprint density at radius 2 is 1.91 bits per heavy atom. The zero-order valence-corrected chi connectivity index (χ0v) is 12.7. The third-order valence-corrected chi connectivity index (χ3v) is 5.08. The minimum absolute atomic E-state index is 0.197. The molecular formula is C16H15ClN2O3. The lowest BCUT2D eigenvalue weighted by atomic mass is 10.0. The van der Waals surface area contributed by atoms with Crippen molar-refractivity contribution in [1.29, 1.82) is 0 Å². The maximum absolute atomic E-state index is 12.7. The van der Waals surface area contributed by atoms with Crippen molar-refractivity contribution in [2.75, 3.05) is 0 Å². The lowest BCUT2D eigenvalue weighted by Gasteiger charge is -2.29. The number of rotatable bonds is 2. The van der Waals surface area contributed by atoms with Crippen molar-refractivity contribution >= 4 is 29.3 Å². The maximum Gasteiger partial charge on any atom is 0.256 e. The van der Waals surface area contributed by atoms with Gasteiger partial charge in [0.05, 0.1) is 10.6 Å². The fourth-order valence-electron chi connectivity index (χ4n) is 3.33. The molecule has 0 spiro atoms. The molecule has 1 atom stereocenters. The number of fused-ring (bicyclic) bond motifs is 1. The Hall–Kier alpha value is -1.88. The first-order valence-electron chi connectivity index (χ1n) is 7.52. The van der Waals surface area contributed by atoms with E-state index in [4.69, 9.17) is 11.6 Å². The molecule has 1 unspecified atom stereocenters. The van der Waals surface area contributed by atoms with Crippen LogP contribution in [-0.2, 0) is 16.1 Å². The number of halogens is 1. The highest BCUT2D eigenvalue weighted by atomic mass is 35.5. The van der Waals surface area contributed by atoms with Gasteiger partial charge in [0.15, 0.2) is 0 Å². The summed E-state index contributed by atoms with van der Waals surface area (Å²) in [6.45, 7) is 0.380. The molecule has 0 bridgehead atoms. The summed E-state index contributed by atoms with van der Waals surface area (Å²) in [5.74, 6) is -0.400. The van der Waals surface area contributed by atoms with E-state index in [0.717, 1.165) is 24.0 Å². The van der Waals surface area contributed by atoms with Crippen LogP contribution in [0.25, 0.3) is 0 Å². The first-order chi connectivity index (χ1) is 10.6. The Labute approximate surface area is 132 Å². The normalized spacial score (nSPS) is 24.5. The summed E-state index contributed by atoms with van der Waals surface area (Å²) >= 11 is 6.45. The minimum Gasteiger partial charge on any atom is -0.322 e. The summed E-state index contributed by atoms with van der Waals surface area (Å²) in [5.41, 5.74) is 2.44. The molecule has 2 heterocycles. The first kappa shape index (κ1) is 13.8. The van der Waals surface area contributed by atoms with E-state index in [2.05, 4.69) is 5.32 Å². The largest absolute Gasteiger partial charge is 0.322 e. The summed E-state index contributed by atoms with van der Waals surface area (Å²) in [7, 11) is 0. The van der Waals surface area contributed by atoms with Crippen LogP contribution in [0.3, 0.4) is 0 Å². The highest BCUT2D eigenvalue weighted by molar-refractivity contribution is 6.35. The molecule has 0 aromatic heterocycles. The van der Waals surface area contributed by atoms with E-state index in [0.29, 0.717) is 29.5 Å². The Balaban J connectivity index is 1.66. The number of nitrogens with one attached hydrogen (secondary N) is 1. The number of amides is 3. The number of hydrogen-bond donors (Lipinski definition) is 1. The monoisotopic (exact) mass is 318 g/mol. The minimum atomic E-state index is -0.585. The molecule has 3 aliphatic rings. The predicted octanol–water partition coefficient (Wildman–Crippen LogP) is 1.98. The highest BCUT2D eigenvalue weighted by Crippen LogP contribution is 2.46. The molecule has 114 valence electrons. The van der Waals surface area contributed by atoms with Gasteiger partial charge in [0.1, 0.15) is 6.04 Å². The highest BCUT2D eigenvalue weighted by Gasteiger charge is 2.41. The van der Waals surface area contributed by atoms with Crippen LogP contribution in [-0.4, -0.2) is 28.7 Å². The van der Waals surface area contributed by atoms with Gasteiger partial charge in [0.25, 0.3) is 5.91 Å². The van der Waals surface area contributed by atoms with Crippen LogP contribution in [0.1, 0.15) is 53.1 Å². The van der Waals surface area contributed by atoms with Crippen molar-refractivity contribution < 1.29 is 14.4 Å². The molecule has 2 aliphatic heterocycles. The molecule has 1 saturated carbocycles. The fourth-order valence-corrected chi connectivity index (χ4v) is 3.75. The van der Waals surface area contributed by atoms with Crippen molar-refractivity contribution in [3.63, 3.8) is 0 Å². The Morgan fingerprint density at radius 1 is 1.14 bits per heavy atom. The molecule has 1 aliphatic carbocycles. The van der Waals surface area contributed by atoms with Gasteiger partial charge in [-0.1, -0.05) is 23.7 Å². The van der Waals surface area contributed by atoms with Crippen LogP contribution in [0.2, 0.25) is 5.02 Å². The number of carbonyl (C=O) groups is 3. The van der Waals surface area contributed by atoms with E-state index < -0.39 is 11.9 Å². The van der Waals surface area contributed by atoms with E-state index in [1.165, 1.54) is 4.90 Å². The Kier molecular flexibility index (Phi) is 3.01. The van der Waals surface area contributed by atoms with Gasteiger partial charge in [-0.15, -0.1) is 0 Å². The van der Waals surface area contributed by atoms with E-state index >= 15 is 0 Å². The van der Waals surface area contributed by atoms with Gasteiger partial charge in [-0.2, -0.15) is 0 Å². The van der Waals surface area contributed by atoms with Gasteiger partial charge < -0.3 is 4.90 Å². The standard InChI is InChI=1S/C16H15ClN2O3/c17-14-10(8-1-2-8)4-3-9-7-19(16(22)13(9)14)11-5-6-12(20)18-15(11)21/h3-4,8,11H,1-2,5-7H2,(H,18,20,21). The Bertz CT molecular complexity index is 712. The van der Waals surface area contributed by atoms with Crippen molar-refractivity contribution in [1.82, 2.24) is 10.2 Å². The van der Waals surface area contributed by atoms with Crippen molar-refractivity contribution in [2.24, 2.45) is 0 Å². The fraction of sp³-hybridized carbons (Fsp3) is 0.438. The van der Waals surface area contributed by atoms with Gasteiger partial charge in [-0.3, -0.25) is 19.7 Å². The van der Waals surface area contributed by atoms with Crippen molar-refractivity contribution in [3.8, 4) is 0 Å². The number of hydrogen-bond acceptors (Lipinski definition) is 3. The van der Waals surface area contributed by atoms with E-state index in [-0.39, 0.29) is 18.2 Å². The smallest absolute Gasteiger partial charge is 0.256 e. The summed E-state index contributed by atoms with van der Waals surface area (Å²) in [6, 6.07) is 3.36. The molecule has 3 amide bonds. The van der Waals surface area contributed by atoms with Gasteiger partial charge in [-0.05, 0) is 36.3 Å². The number of carbonyl (C=O) groups excluding carboxylic acids is 3. The van der Waals surface area contributed by atoms with E-state index in [1.807, 2.05) is 12.1 Å². The maximum atomic E-state index is 12.7. The second-order valence-electron chi connectivity index (χ2n) is 6.18. The molecule has 2 fully saturated rings. The summed E-state index contributed by atoms with van der Waals surface area (Å²) < 4.78 is 0. The molecule has 0 radical (unpaired) electrons. The number of nitrogens with zero attached hydrogens (tertiary/aromatic N) is 1. The summed E-state index contributed by atoms with van der Waals surface area (Å²) in [6.07, 6.45) is 2.86. The van der Waals surface area contributed by atoms with Crippen LogP contribution in [0.15, 0.2) is 12.1 Å². The van der Waals surface area contributed by atoms with Gasteiger partial charge in [-0.25, -0.2) is 0 Å². The Morgan fingerprint density at radius 3 is 2.59 bits per heavy atom. The summed E-state index contributed by atoms with van der Waals surface area (Å²) in [5, 5.41) is 2.84. The third-order valence-electron chi connectivity index (χ3n) is 4.68. The topological polar surface area (TPSA) is 66.5 Å². The molecule has 4 rings (SSSR count). The number of imide groups is 1. The zero-order valence-electron chi connectivity index (χ0n) is 11.9. The lowest BCUT2D eigenvalue weighted by molar-refractivity contribution is -0.136. The number of benzene rings is 1. The van der Waals surface area contributed by atoms with Crippen LogP contribution in [0, 0.1) is 0 Å². The average molecular weight is 319 g/mol. The molecular weight excluding hydrogens is 304 g/mol. The molecule has 1 aromatic rings. The number of piperidine rings is 1. The van der Waals surface area contributed by atoms with Crippen LogP contribution >= 0.6 is 11.6 Å². The van der Waals surface area contributed by atoms with Crippen LogP contribution in [0.4, 0.5) is 0 Å². The van der Waals surface area contributed by atoms with Gasteiger partial charge >= 0.3 is 0 Å². The van der Waals surface area contributed by atoms with Crippen molar-refractivity contribution in [2.45, 2.75) is 44.2 Å². The van der Waals surface area contributed by atoms with Crippen molar-refractivity contribution in [3.05, 3.63) is 33.8 Å². The molecule has 1 N–H and O–H groups in total. The molecule has 5 nitrogen and oxygen atoms in total. The summed E-state index contributed by atoms with van der Waals surface area (Å²) in [4.78, 5) is 37.5. The zero-order chi connectivity index (χ0) is 15.4. The van der Waals surface area contributed by atoms with E-state index in [1.54, 1.807) is 0 Å². The molecule has 1 aromatic carbocycles. The lowest BCUT2D eigenvalue weighted by Crippen LogP contribution is -2.52. The quantitative estimate of drug-likeness (QED) is 0.848. The van der Waals surface area contributed by atoms with Gasteiger partial charge in [0, 0.05) is 13.0 Å². The predicted molar refractivity (Wildman–Crippen MR) is 79.5 cm³/mol. The average Bonchev–Trinajstić information content (AvgIpc) is 3.24. The first-order valence-corrected chi connectivity index (χ1v) is 7.90. The van der Waals surface area contributed by atoms with E-state index in [9.17, 15) is 14.4 Å². The van der Waals surface area contributed by atoms with Crippen LogP contribution < -0.4 is 5.32 Å². The van der Waals surface area contributed by atoms with Gasteiger partial charge in [0.2, 0.25) is 11.8 Å². The second kappa shape index (κ2) is 4.81. The van der Waals surface area contributed by atoms with Crippen LogP contribution in [0.5, 0.6) is 0 Å². The molecule has 6 heteroatoms. The molecule has 22 heavy (non-hydrogen) atoms. The third kappa shape index (κ3) is 2.03.